The van der Waals surface area contributed by atoms with Crippen LogP contribution in [-0.4, -0.2) is 23.5 Å². The second kappa shape index (κ2) is 5.74. The molecule has 1 amide bonds. The van der Waals surface area contributed by atoms with Crippen molar-refractivity contribution in [3.05, 3.63) is 34.3 Å². The molecule has 0 heterocycles. The zero-order valence-electron chi connectivity index (χ0n) is 12.6. The average Bonchev–Trinajstić information content (AvgIpc) is 2.67. The van der Waals surface area contributed by atoms with Crippen LogP contribution in [-0.2, 0) is 17.6 Å². The number of carbonyl (C=O) groups is 1. The number of fused-ring (bicyclic) bond motifs is 1. The van der Waals surface area contributed by atoms with E-state index in [0.29, 0.717) is 6.04 Å². The smallest absolute Gasteiger partial charge is 0.237 e. The van der Waals surface area contributed by atoms with Crippen LogP contribution in [0.25, 0.3) is 0 Å². The Morgan fingerprint density at radius 1 is 1.30 bits per heavy atom. The van der Waals surface area contributed by atoms with Gasteiger partial charge >= 0.3 is 0 Å². The molecule has 1 aliphatic carbocycles. The minimum Gasteiger partial charge on any atom is -0.350 e. The molecule has 1 aliphatic rings. The molecule has 0 fully saturated rings. The first kappa shape index (κ1) is 15.3. The van der Waals surface area contributed by atoms with Crippen molar-refractivity contribution < 1.29 is 4.79 Å². The van der Waals surface area contributed by atoms with Gasteiger partial charge in [-0.05, 0) is 63.8 Å². The Morgan fingerprint density at radius 3 is 2.60 bits per heavy atom. The summed E-state index contributed by atoms with van der Waals surface area (Å²) < 4.78 is 0. The van der Waals surface area contributed by atoms with Crippen LogP contribution in [0.3, 0.4) is 0 Å². The van der Waals surface area contributed by atoms with Crippen molar-refractivity contribution in [2.24, 2.45) is 0 Å². The van der Waals surface area contributed by atoms with Gasteiger partial charge in [0.15, 0.2) is 0 Å². The molecule has 2 atom stereocenters. The fourth-order valence-electron chi connectivity index (χ4n) is 2.61. The lowest BCUT2D eigenvalue weighted by atomic mass is 10.1. The minimum absolute atomic E-state index is 0.0477. The molecule has 0 saturated carbocycles. The van der Waals surface area contributed by atoms with E-state index in [0.717, 1.165) is 17.9 Å². The molecule has 0 bridgehead atoms. The summed E-state index contributed by atoms with van der Waals surface area (Å²) in [6, 6.07) is 6.16. The third-order valence-corrected chi connectivity index (χ3v) is 3.71. The summed E-state index contributed by atoms with van der Waals surface area (Å²) in [4.78, 5) is 12.1. The normalized spacial score (nSPS) is 19.6. The van der Waals surface area contributed by atoms with Crippen molar-refractivity contribution in [2.75, 3.05) is 0 Å². The number of halogens is 1. The molecule has 0 aliphatic heterocycles. The van der Waals surface area contributed by atoms with Gasteiger partial charge in [0.05, 0.1) is 6.04 Å². The fraction of sp³-hybridized carbons (Fsp3) is 0.562. The van der Waals surface area contributed by atoms with Crippen molar-refractivity contribution in [3.8, 4) is 0 Å². The first-order valence-corrected chi connectivity index (χ1v) is 7.48. The van der Waals surface area contributed by atoms with Crippen molar-refractivity contribution >= 4 is 17.5 Å². The van der Waals surface area contributed by atoms with Gasteiger partial charge in [-0.1, -0.05) is 17.7 Å². The summed E-state index contributed by atoms with van der Waals surface area (Å²) in [6.45, 7) is 7.89. The number of hydrogen-bond acceptors (Lipinski definition) is 2. The maximum Gasteiger partial charge on any atom is 0.237 e. The lowest BCUT2D eigenvalue weighted by molar-refractivity contribution is -0.124. The Kier molecular flexibility index (Phi) is 4.40. The highest BCUT2D eigenvalue weighted by Gasteiger charge is 2.26. The SMILES string of the molecule is CC(NC1Cc2ccc(Cl)cc2C1)C(=O)NC(C)(C)C. The van der Waals surface area contributed by atoms with Gasteiger partial charge in [0, 0.05) is 16.6 Å². The van der Waals surface area contributed by atoms with Gasteiger partial charge in [-0.2, -0.15) is 0 Å². The largest absolute Gasteiger partial charge is 0.350 e. The minimum atomic E-state index is -0.195. The van der Waals surface area contributed by atoms with Gasteiger partial charge in [0.25, 0.3) is 0 Å². The molecule has 0 spiro atoms. The summed E-state index contributed by atoms with van der Waals surface area (Å²) in [5, 5.41) is 7.19. The first-order valence-electron chi connectivity index (χ1n) is 7.10. The van der Waals surface area contributed by atoms with Gasteiger partial charge in [-0.25, -0.2) is 0 Å². The van der Waals surface area contributed by atoms with E-state index >= 15 is 0 Å². The molecule has 1 aromatic carbocycles. The number of nitrogens with one attached hydrogen (secondary N) is 2. The predicted octanol–water partition coefficient (Wildman–Crippen LogP) is 2.70. The van der Waals surface area contributed by atoms with Crippen LogP contribution >= 0.6 is 11.6 Å². The third kappa shape index (κ3) is 3.97. The lowest BCUT2D eigenvalue weighted by Gasteiger charge is -2.25. The van der Waals surface area contributed by atoms with E-state index < -0.39 is 0 Å². The Hall–Kier alpha value is -1.06. The van der Waals surface area contributed by atoms with E-state index in [9.17, 15) is 4.79 Å². The zero-order chi connectivity index (χ0) is 14.9. The van der Waals surface area contributed by atoms with Gasteiger partial charge in [-0.15, -0.1) is 0 Å². The Morgan fingerprint density at radius 2 is 1.95 bits per heavy atom. The Labute approximate surface area is 126 Å². The molecular weight excluding hydrogens is 272 g/mol. The highest BCUT2D eigenvalue weighted by Crippen LogP contribution is 2.25. The van der Waals surface area contributed by atoms with Crippen LogP contribution < -0.4 is 10.6 Å². The Balaban J connectivity index is 1.91. The molecule has 3 nitrogen and oxygen atoms in total. The van der Waals surface area contributed by atoms with E-state index in [1.807, 2.05) is 39.8 Å². The quantitative estimate of drug-likeness (QED) is 0.900. The molecule has 110 valence electrons. The standard InChI is InChI=1S/C16H23ClN2O/c1-10(15(20)19-16(2,3)4)18-14-8-11-5-6-13(17)7-12(11)9-14/h5-7,10,14,18H,8-9H2,1-4H3,(H,19,20). The number of benzene rings is 1. The molecular formula is C16H23ClN2O. The van der Waals surface area contributed by atoms with Gasteiger partial charge in [0.1, 0.15) is 0 Å². The second-order valence-electron chi connectivity index (χ2n) is 6.65. The van der Waals surface area contributed by atoms with Crippen molar-refractivity contribution in [1.29, 1.82) is 0 Å². The molecule has 4 heteroatoms. The highest BCUT2D eigenvalue weighted by atomic mass is 35.5. The van der Waals surface area contributed by atoms with Crippen LogP contribution in [0.15, 0.2) is 18.2 Å². The predicted molar refractivity (Wildman–Crippen MR) is 83.1 cm³/mol. The maximum absolute atomic E-state index is 12.1. The summed E-state index contributed by atoms with van der Waals surface area (Å²) in [5.74, 6) is 0.0477. The Bertz CT molecular complexity index is 508. The molecule has 0 aromatic heterocycles. The van der Waals surface area contributed by atoms with Crippen molar-refractivity contribution in [2.45, 2.75) is 58.2 Å². The average molecular weight is 295 g/mol. The number of rotatable bonds is 3. The molecule has 2 rings (SSSR count). The summed E-state index contributed by atoms with van der Waals surface area (Å²) in [7, 11) is 0. The van der Waals surface area contributed by atoms with Crippen LogP contribution in [0, 0.1) is 0 Å². The highest BCUT2D eigenvalue weighted by molar-refractivity contribution is 6.30. The van der Waals surface area contributed by atoms with Crippen LogP contribution in [0.1, 0.15) is 38.8 Å². The molecule has 20 heavy (non-hydrogen) atoms. The summed E-state index contributed by atoms with van der Waals surface area (Å²) >= 11 is 6.02. The van der Waals surface area contributed by atoms with Gasteiger partial charge in [0.2, 0.25) is 5.91 Å². The summed E-state index contributed by atoms with van der Waals surface area (Å²) in [5.41, 5.74) is 2.42. The van der Waals surface area contributed by atoms with E-state index in [4.69, 9.17) is 11.6 Å². The lowest BCUT2D eigenvalue weighted by Crippen LogP contribution is -2.52. The molecule has 2 N–H and O–H groups in total. The molecule has 0 radical (unpaired) electrons. The third-order valence-electron chi connectivity index (χ3n) is 3.48. The second-order valence-corrected chi connectivity index (χ2v) is 7.08. The maximum atomic E-state index is 12.1. The van der Waals surface area contributed by atoms with E-state index in [1.54, 1.807) is 0 Å². The van der Waals surface area contributed by atoms with Crippen LogP contribution in [0.4, 0.5) is 0 Å². The van der Waals surface area contributed by atoms with Crippen molar-refractivity contribution in [1.82, 2.24) is 10.6 Å². The van der Waals surface area contributed by atoms with Crippen molar-refractivity contribution in [3.63, 3.8) is 0 Å². The van der Waals surface area contributed by atoms with Crippen LogP contribution in [0.5, 0.6) is 0 Å². The topological polar surface area (TPSA) is 41.1 Å². The van der Waals surface area contributed by atoms with E-state index in [2.05, 4.69) is 16.7 Å². The molecule has 0 saturated heterocycles. The number of amides is 1. The van der Waals surface area contributed by atoms with E-state index in [-0.39, 0.29) is 17.5 Å². The monoisotopic (exact) mass is 294 g/mol. The first-order chi connectivity index (χ1) is 9.24. The number of hydrogen-bond donors (Lipinski definition) is 2. The van der Waals surface area contributed by atoms with E-state index in [1.165, 1.54) is 11.1 Å². The number of carbonyl (C=O) groups excluding carboxylic acids is 1. The zero-order valence-corrected chi connectivity index (χ0v) is 13.3. The summed E-state index contributed by atoms with van der Waals surface area (Å²) in [6.07, 6.45) is 1.89. The molecule has 2 unspecified atom stereocenters. The van der Waals surface area contributed by atoms with Gasteiger partial charge in [-0.3, -0.25) is 4.79 Å². The van der Waals surface area contributed by atoms with Gasteiger partial charge < -0.3 is 10.6 Å². The fourth-order valence-corrected chi connectivity index (χ4v) is 2.81. The van der Waals surface area contributed by atoms with Crippen LogP contribution in [0.2, 0.25) is 5.02 Å². The molecule has 1 aromatic rings.